The molecule has 3 aromatic carbocycles. The predicted octanol–water partition coefficient (Wildman–Crippen LogP) is 4.00. The van der Waals surface area contributed by atoms with Crippen LogP contribution in [0, 0.1) is 11.8 Å². The minimum Gasteiger partial charge on any atom is -0.459 e. The van der Waals surface area contributed by atoms with Crippen LogP contribution in [0.25, 0.3) is 0 Å². The maximum absolute atomic E-state index is 13.9. The van der Waals surface area contributed by atoms with Gasteiger partial charge in [0.2, 0.25) is 11.8 Å². The van der Waals surface area contributed by atoms with Crippen molar-refractivity contribution in [2.45, 2.75) is 31.3 Å². The summed E-state index contributed by atoms with van der Waals surface area (Å²) in [5, 5.41) is 0. The third kappa shape index (κ3) is 2.71. The molecule has 0 N–H and O–H groups in total. The molecule has 1 fully saturated rings. The summed E-state index contributed by atoms with van der Waals surface area (Å²) in [5.41, 5.74) is 2.94. The Balaban J connectivity index is 1.48. The Labute approximate surface area is 202 Å². The van der Waals surface area contributed by atoms with Gasteiger partial charge in [-0.3, -0.25) is 9.59 Å². The van der Waals surface area contributed by atoms with E-state index in [4.69, 9.17) is 4.74 Å². The van der Waals surface area contributed by atoms with E-state index in [1.807, 2.05) is 48.5 Å². The SMILES string of the molecule is CC(C)OC(=O)c1ccc(N2C(=O)[C@@H]3C4c5ccccc5C(C=O)(c5ccccc54)[C@H]3C2=O)cc1. The zero-order valence-corrected chi connectivity index (χ0v) is 19.3. The van der Waals surface area contributed by atoms with Crippen LogP contribution in [-0.4, -0.2) is 30.2 Å². The first-order valence-electron chi connectivity index (χ1n) is 11.7. The number of nitrogens with zero attached hydrogens (tertiary/aromatic N) is 1. The van der Waals surface area contributed by atoms with Crippen molar-refractivity contribution in [3.8, 4) is 0 Å². The van der Waals surface area contributed by atoms with Crippen LogP contribution in [0.3, 0.4) is 0 Å². The first kappa shape index (κ1) is 21.5. The quantitative estimate of drug-likeness (QED) is 0.331. The van der Waals surface area contributed by atoms with Crippen molar-refractivity contribution in [1.29, 1.82) is 0 Å². The number of amides is 2. The molecule has 0 saturated carbocycles. The van der Waals surface area contributed by atoms with E-state index >= 15 is 0 Å². The number of ether oxygens (including phenoxy) is 1. The molecular formula is C29H23NO5. The lowest BCUT2D eigenvalue weighted by atomic mass is 9.48. The number of carbonyl (C=O) groups is 4. The van der Waals surface area contributed by atoms with Crippen molar-refractivity contribution >= 4 is 29.8 Å². The summed E-state index contributed by atoms with van der Waals surface area (Å²) >= 11 is 0. The lowest BCUT2D eigenvalue weighted by Crippen LogP contribution is -2.54. The average molecular weight is 466 g/mol. The highest BCUT2D eigenvalue weighted by molar-refractivity contribution is 6.24. The van der Waals surface area contributed by atoms with E-state index < -0.39 is 29.1 Å². The molecule has 3 aliphatic carbocycles. The molecule has 1 heterocycles. The van der Waals surface area contributed by atoms with Crippen molar-refractivity contribution in [2.75, 3.05) is 4.90 Å². The Bertz CT molecular complexity index is 1360. The Morgan fingerprint density at radius 2 is 1.46 bits per heavy atom. The van der Waals surface area contributed by atoms with E-state index in [1.165, 1.54) is 4.90 Å². The van der Waals surface area contributed by atoms with Crippen LogP contribution < -0.4 is 4.90 Å². The molecule has 174 valence electrons. The number of hydrogen-bond acceptors (Lipinski definition) is 5. The second-order valence-electron chi connectivity index (χ2n) is 9.66. The molecule has 0 aromatic heterocycles. The normalized spacial score (nSPS) is 25.8. The van der Waals surface area contributed by atoms with Gasteiger partial charge in [0.25, 0.3) is 0 Å². The number of aldehydes is 1. The Kier molecular flexibility index (Phi) is 4.58. The van der Waals surface area contributed by atoms with Gasteiger partial charge in [-0.15, -0.1) is 0 Å². The number of hydrogen-bond donors (Lipinski definition) is 0. The molecule has 3 aromatic rings. The van der Waals surface area contributed by atoms with E-state index in [9.17, 15) is 19.2 Å². The molecule has 1 aliphatic heterocycles. The fraction of sp³-hybridized carbons (Fsp3) is 0.241. The van der Waals surface area contributed by atoms with Gasteiger partial charge in [0.1, 0.15) is 6.29 Å². The maximum atomic E-state index is 13.9. The monoisotopic (exact) mass is 465 g/mol. The van der Waals surface area contributed by atoms with E-state index in [2.05, 4.69) is 0 Å². The molecule has 2 bridgehead atoms. The number of rotatable bonds is 4. The maximum Gasteiger partial charge on any atom is 0.338 e. The van der Waals surface area contributed by atoms with Crippen molar-refractivity contribution < 1.29 is 23.9 Å². The fourth-order valence-corrected chi connectivity index (χ4v) is 6.31. The molecule has 7 rings (SSSR count). The summed E-state index contributed by atoms with van der Waals surface area (Å²) < 4.78 is 5.23. The standard InChI is InChI=1S/C29H23NO5/c1-16(2)35-28(34)17-11-13-18(14-12-17)30-26(32)24-23-19-7-3-5-9-21(19)29(15-31,25(24)27(30)33)22-10-6-4-8-20(22)23/h3-16,23-25H,1-2H3/t23?,24-,25-,29?/m1/s1. The summed E-state index contributed by atoms with van der Waals surface area (Å²) in [6.45, 7) is 3.53. The Hall–Kier alpha value is -4.06. The molecule has 0 unspecified atom stereocenters. The van der Waals surface area contributed by atoms with E-state index in [1.54, 1.807) is 38.1 Å². The summed E-state index contributed by atoms with van der Waals surface area (Å²) in [5.74, 6) is -2.99. The third-order valence-corrected chi connectivity index (χ3v) is 7.57. The lowest BCUT2D eigenvalue weighted by Gasteiger charge is -2.51. The molecule has 6 heteroatoms. The molecule has 2 atom stereocenters. The largest absolute Gasteiger partial charge is 0.459 e. The van der Waals surface area contributed by atoms with Crippen molar-refractivity contribution in [1.82, 2.24) is 0 Å². The van der Waals surface area contributed by atoms with Crippen LogP contribution in [0.2, 0.25) is 0 Å². The van der Waals surface area contributed by atoms with Gasteiger partial charge in [-0.2, -0.15) is 0 Å². The molecule has 6 nitrogen and oxygen atoms in total. The van der Waals surface area contributed by atoms with Gasteiger partial charge in [0.05, 0.1) is 34.6 Å². The zero-order chi connectivity index (χ0) is 24.5. The molecule has 0 spiro atoms. The zero-order valence-electron chi connectivity index (χ0n) is 19.3. The van der Waals surface area contributed by atoms with Gasteiger partial charge < -0.3 is 9.53 Å². The second kappa shape index (κ2) is 7.47. The van der Waals surface area contributed by atoms with E-state index in [-0.39, 0.29) is 17.9 Å². The highest BCUT2D eigenvalue weighted by Gasteiger charge is 2.68. The highest BCUT2D eigenvalue weighted by atomic mass is 16.5. The Morgan fingerprint density at radius 3 is 2.00 bits per heavy atom. The molecule has 35 heavy (non-hydrogen) atoms. The smallest absolute Gasteiger partial charge is 0.338 e. The lowest BCUT2D eigenvalue weighted by molar-refractivity contribution is -0.128. The summed E-state index contributed by atoms with van der Waals surface area (Å²) in [7, 11) is 0. The number of anilines is 1. The van der Waals surface area contributed by atoms with E-state index in [0.717, 1.165) is 28.5 Å². The van der Waals surface area contributed by atoms with Crippen molar-refractivity contribution in [3.05, 3.63) is 101 Å². The van der Waals surface area contributed by atoms with Gasteiger partial charge in [-0.1, -0.05) is 48.5 Å². The number of imide groups is 1. The van der Waals surface area contributed by atoms with Gasteiger partial charge >= 0.3 is 5.97 Å². The summed E-state index contributed by atoms with van der Waals surface area (Å²) in [4.78, 5) is 54.2. The van der Waals surface area contributed by atoms with Crippen LogP contribution in [0.4, 0.5) is 5.69 Å². The molecule has 0 radical (unpaired) electrons. The number of carbonyl (C=O) groups excluding carboxylic acids is 4. The third-order valence-electron chi connectivity index (χ3n) is 7.57. The Morgan fingerprint density at radius 1 is 0.886 bits per heavy atom. The topological polar surface area (TPSA) is 80.8 Å². The minimum atomic E-state index is -1.23. The van der Waals surface area contributed by atoms with Gasteiger partial charge in [-0.05, 0) is 60.4 Å². The minimum absolute atomic E-state index is 0.259. The molecular weight excluding hydrogens is 442 g/mol. The van der Waals surface area contributed by atoms with Crippen LogP contribution >= 0.6 is 0 Å². The fourth-order valence-electron chi connectivity index (χ4n) is 6.31. The van der Waals surface area contributed by atoms with Gasteiger partial charge in [-0.25, -0.2) is 9.69 Å². The van der Waals surface area contributed by atoms with Crippen molar-refractivity contribution in [2.24, 2.45) is 11.8 Å². The number of esters is 1. The van der Waals surface area contributed by atoms with Gasteiger partial charge in [0.15, 0.2) is 0 Å². The summed E-state index contributed by atoms with van der Waals surface area (Å²) in [6.07, 6.45) is 0.600. The van der Waals surface area contributed by atoms with Crippen LogP contribution in [0.1, 0.15) is 52.4 Å². The molecule has 2 amide bonds. The first-order chi connectivity index (χ1) is 16.9. The summed E-state index contributed by atoms with van der Waals surface area (Å²) in [6, 6.07) is 21.5. The molecule has 1 saturated heterocycles. The van der Waals surface area contributed by atoms with Crippen LogP contribution in [-0.2, 0) is 24.5 Å². The highest BCUT2D eigenvalue weighted by Crippen LogP contribution is 2.63. The molecule has 4 aliphatic rings. The van der Waals surface area contributed by atoms with Gasteiger partial charge in [0, 0.05) is 5.92 Å². The van der Waals surface area contributed by atoms with E-state index in [0.29, 0.717) is 11.3 Å². The van der Waals surface area contributed by atoms with Crippen LogP contribution in [0.15, 0.2) is 72.8 Å². The number of benzene rings is 3. The van der Waals surface area contributed by atoms with Crippen LogP contribution in [0.5, 0.6) is 0 Å². The predicted molar refractivity (Wildman–Crippen MR) is 128 cm³/mol. The average Bonchev–Trinajstić information content (AvgIpc) is 3.14. The van der Waals surface area contributed by atoms with Crippen molar-refractivity contribution in [3.63, 3.8) is 0 Å². The second-order valence-corrected chi connectivity index (χ2v) is 9.66. The first-order valence-corrected chi connectivity index (χ1v) is 11.7.